The molecule has 4 rings (SSSR count). The zero-order chi connectivity index (χ0) is 11.6. The molecule has 0 unspecified atom stereocenters. The van der Waals surface area contributed by atoms with Crippen LogP contribution in [-0.4, -0.2) is 18.3 Å². The molecule has 1 saturated carbocycles. The third-order valence-corrected chi connectivity index (χ3v) is 4.77. The van der Waals surface area contributed by atoms with E-state index < -0.39 is 5.60 Å². The van der Waals surface area contributed by atoms with Crippen LogP contribution in [0, 0.1) is 0 Å². The van der Waals surface area contributed by atoms with Crippen molar-refractivity contribution < 1.29 is 14.6 Å². The summed E-state index contributed by atoms with van der Waals surface area (Å²) < 4.78 is 12.5. The van der Waals surface area contributed by atoms with E-state index in [1.807, 2.05) is 0 Å². The quantitative estimate of drug-likeness (QED) is 0.864. The van der Waals surface area contributed by atoms with Gasteiger partial charge in [0.05, 0.1) is 23.3 Å². The van der Waals surface area contributed by atoms with E-state index in [0.29, 0.717) is 13.2 Å². The molecule has 3 aliphatic rings. The van der Waals surface area contributed by atoms with Crippen molar-refractivity contribution in [3.05, 3.63) is 21.2 Å². The summed E-state index contributed by atoms with van der Waals surface area (Å²) in [4.78, 5) is 0. The minimum Gasteiger partial charge on any atom is -0.492 e. The number of rotatable bonds is 1. The smallest absolute Gasteiger partial charge is 0.137 e. The van der Waals surface area contributed by atoms with Gasteiger partial charge in [-0.3, -0.25) is 0 Å². The average Bonchev–Trinajstić information content (AvgIpc) is 2.79. The maximum Gasteiger partial charge on any atom is 0.137 e. The van der Waals surface area contributed by atoms with Crippen LogP contribution in [0.4, 0.5) is 0 Å². The molecule has 17 heavy (non-hydrogen) atoms. The van der Waals surface area contributed by atoms with Crippen molar-refractivity contribution in [3.8, 4) is 11.5 Å². The van der Waals surface area contributed by atoms with E-state index in [9.17, 15) is 5.11 Å². The maximum absolute atomic E-state index is 10.5. The number of hydrogen-bond donors (Lipinski definition) is 1. The van der Waals surface area contributed by atoms with Gasteiger partial charge in [-0.15, -0.1) is 0 Å². The highest BCUT2D eigenvalue weighted by Crippen LogP contribution is 2.57. The topological polar surface area (TPSA) is 38.7 Å². The van der Waals surface area contributed by atoms with Gasteiger partial charge in [-0.05, 0) is 28.8 Å². The highest BCUT2D eigenvalue weighted by molar-refractivity contribution is 9.10. The predicted molar refractivity (Wildman–Crippen MR) is 65.7 cm³/mol. The van der Waals surface area contributed by atoms with Gasteiger partial charge >= 0.3 is 0 Å². The Morgan fingerprint density at radius 2 is 1.65 bits per heavy atom. The largest absolute Gasteiger partial charge is 0.492 e. The number of ether oxygens (including phenoxy) is 2. The number of aliphatic hydroxyl groups is 1. The van der Waals surface area contributed by atoms with Gasteiger partial charge in [0, 0.05) is 29.5 Å². The lowest BCUT2D eigenvalue weighted by Crippen LogP contribution is -2.10. The second-order valence-corrected chi connectivity index (χ2v) is 5.83. The summed E-state index contributed by atoms with van der Waals surface area (Å²) in [6.45, 7) is 1.42. The highest BCUT2D eigenvalue weighted by atomic mass is 79.9. The molecule has 1 aromatic carbocycles. The van der Waals surface area contributed by atoms with Crippen LogP contribution >= 0.6 is 15.9 Å². The van der Waals surface area contributed by atoms with Gasteiger partial charge in [0.2, 0.25) is 0 Å². The summed E-state index contributed by atoms with van der Waals surface area (Å²) in [5.74, 6) is 1.85. The summed E-state index contributed by atoms with van der Waals surface area (Å²) in [7, 11) is 0. The van der Waals surface area contributed by atoms with Crippen molar-refractivity contribution in [3.63, 3.8) is 0 Å². The fourth-order valence-electron chi connectivity index (χ4n) is 2.91. The lowest BCUT2D eigenvalue weighted by Gasteiger charge is -2.18. The Morgan fingerprint density at radius 3 is 2.35 bits per heavy atom. The van der Waals surface area contributed by atoms with E-state index in [0.717, 1.165) is 52.8 Å². The third kappa shape index (κ3) is 1.25. The zero-order valence-electron chi connectivity index (χ0n) is 9.38. The fraction of sp³-hybridized carbons (Fsp3) is 0.538. The molecule has 0 amide bonds. The van der Waals surface area contributed by atoms with Crippen LogP contribution < -0.4 is 9.47 Å². The molecule has 1 N–H and O–H groups in total. The highest BCUT2D eigenvalue weighted by Gasteiger charge is 2.49. The van der Waals surface area contributed by atoms with Gasteiger partial charge in [-0.2, -0.15) is 0 Å². The molecular formula is C13H13BrO3. The molecule has 0 bridgehead atoms. The maximum atomic E-state index is 10.5. The molecule has 2 heterocycles. The molecule has 3 nitrogen and oxygen atoms in total. The Kier molecular flexibility index (Phi) is 1.91. The van der Waals surface area contributed by atoms with E-state index in [1.54, 1.807) is 0 Å². The second kappa shape index (κ2) is 3.18. The number of hydrogen-bond acceptors (Lipinski definition) is 3. The van der Waals surface area contributed by atoms with Gasteiger partial charge in [-0.25, -0.2) is 0 Å². The molecule has 0 saturated heterocycles. The zero-order valence-corrected chi connectivity index (χ0v) is 11.0. The van der Waals surface area contributed by atoms with Crippen molar-refractivity contribution in [2.24, 2.45) is 0 Å². The van der Waals surface area contributed by atoms with Gasteiger partial charge in [0.25, 0.3) is 0 Å². The summed E-state index contributed by atoms with van der Waals surface area (Å²) in [6.07, 6.45) is 3.46. The van der Waals surface area contributed by atoms with Crippen LogP contribution in [0.15, 0.2) is 4.47 Å². The van der Waals surface area contributed by atoms with Gasteiger partial charge < -0.3 is 14.6 Å². The number of halogens is 1. The first-order valence-electron chi connectivity index (χ1n) is 6.06. The van der Waals surface area contributed by atoms with Crippen LogP contribution in [0.3, 0.4) is 0 Å². The van der Waals surface area contributed by atoms with E-state index in [4.69, 9.17) is 9.47 Å². The van der Waals surface area contributed by atoms with Gasteiger partial charge in [0.1, 0.15) is 11.5 Å². The minimum absolute atomic E-state index is 0.646. The summed E-state index contributed by atoms with van der Waals surface area (Å²) in [5.41, 5.74) is 2.69. The van der Waals surface area contributed by atoms with E-state index >= 15 is 0 Å². The second-order valence-electron chi connectivity index (χ2n) is 5.03. The Morgan fingerprint density at radius 1 is 1.00 bits per heavy atom. The summed E-state index contributed by atoms with van der Waals surface area (Å²) >= 11 is 3.62. The van der Waals surface area contributed by atoms with Gasteiger partial charge in [0.15, 0.2) is 0 Å². The normalized spacial score (nSPS) is 22.7. The van der Waals surface area contributed by atoms with E-state index in [2.05, 4.69) is 15.9 Å². The van der Waals surface area contributed by atoms with Crippen LogP contribution in [0.25, 0.3) is 0 Å². The van der Waals surface area contributed by atoms with Gasteiger partial charge in [-0.1, -0.05) is 0 Å². The molecule has 1 fully saturated rings. The summed E-state index contributed by atoms with van der Waals surface area (Å²) in [6, 6.07) is 0. The Bertz CT molecular complexity index is 485. The fourth-order valence-corrected chi connectivity index (χ4v) is 3.65. The first-order valence-corrected chi connectivity index (χ1v) is 6.86. The van der Waals surface area contributed by atoms with Crippen LogP contribution in [0.2, 0.25) is 0 Å². The minimum atomic E-state index is -0.646. The lowest BCUT2D eigenvalue weighted by atomic mass is 9.94. The van der Waals surface area contributed by atoms with Crippen LogP contribution in [-0.2, 0) is 18.4 Å². The summed E-state index contributed by atoms with van der Waals surface area (Å²) in [5, 5.41) is 10.5. The van der Waals surface area contributed by atoms with Crippen molar-refractivity contribution in [1.29, 1.82) is 0 Å². The number of benzene rings is 1. The van der Waals surface area contributed by atoms with Crippen LogP contribution in [0.5, 0.6) is 11.5 Å². The van der Waals surface area contributed by atoms with Crippen molar-refractivity contribution in [1.82, 2.24) is 0 Å². The van der Waals surface area contributed by atoms with Crippen molar-refractivity contribution >= 4 is 15.9 Å². The first kappa shape index (κ1) is 10.2. The monoisotopic (exact) mass is 296 g/mol. The van der Waals surface area contributed by atoms with E-state index in [1.165, 1.54) is 5.56 Å². The van der Waals surface area contributed by atoms with Crippen LogP contribution in [0.1, 0.15) is 29.5 Å². The molecule has 1 aromatic rings. The molecular weight excluding hydrogens is 284 g/mol. The predicted octanol–water partition coefficient (Wildman–Crippen LogP) is 2.30. The third-order valence-electron chi connectivity index (χ3n) is 3.93. The van der Waals surface area contributed by atoms with Crippen molar-refractivity contribution in [2.75, 3.05) is 13.2 Å². The molecule has 90 valence electrons. The molecule has 2 aliphatic heterocycles. The molecule has 1 aliphatic carbocycles. The average molecular weight is 297 g/mol. The number of fused-ring (bicyclic) bond motifs is 2. The standard InChI is InChI=1S/C13H13BrO3/c14-10-8-2-6-16-11(8)9(13(15)3-4-13)7-1-5-17-12(7)10/h15H,1-6H2. The Hall–Kier alpha value is -0.740. The molecule has 0 radical (unpaired) electrons. The molecule has 0 aromatic heterocycles. The first-order chi connectivity index (χ1) is 8.21. The Labute approximate surface area is 108 Å². The molecule has 0 spiro atoms. The lowest BCUT2D eigenvalue weighted by molar-refractivity contribution is 0.146. The SMILES string of the molecule is OC1(c2c3c(c(Br)c4c2OCC4)OCC3)CC1. The molecule has 4 heteroatoms. The Balaban J connectivity index is 2.05. The molecule has 0 atom stereocenters. The van der Waals surface area contributed by atoms with E-state index in [-0.39, 0.29) is 0 Å². The van der Waals surface area contributed by atoms with Crippen molar-refractivity contribution in [2.45, 2.75) is 31.3 Å².